The van der Waals surface area contributed by atoms with Crippen molar-refractivity contribution in [3.63, 3.8) is 0 Å². The average molecular weight is 289 g/mol. The Morgan fingerprint density at radius 2 is 1.89 bits per heavy atom. The fraction of sp³-hybridized carbons (Fsp3) is 0.933. The van der Waals surface area contributed by atoms with E-state index in [4.69, 9.17) is 0 Å². The molecule has 1 amide bonds. The van der Waals surface area contributed by atoms with Crippen LogP contribution in [0.5, 0.6) is 0 Å². The summed E-state index contributed by atoms with van der Waals surface area (Å²) in [7, 11) is 0. The summed E-state index contributed by atoms with van der Waals surface area (Å²) in [4.78, 5) is 11.7. The van der Waals surface area contributed by atoms with Crippen LogP contribution in [0, 0.1) is 5.92 Å². The Morgan fingerprint density at radius 1 is 1.11 bits per heavy atom. The number of halogens is 1. The van der Waals surface area contributed by atoms with Crippen LogP contribution in [-0.4, -0.2) is 25.0 Å². The summed E-state index contributed by atoms with van der Waals surface area (Å²) in [5, 5.41) is 6.42. The third-order valence-electron chi connectivity index (χ3n) is 4.43. The van der Waals surface area contributed by atoms with E-state index in [9.17, 15) is 4.79 Å². The van der Waals surface area contributed by atoms with Crippen LogP contribution >= 0.6 is 12.4 Å². The molecular weight excluding hydrogens is 260 g/mol. The normalized spacial score (nSPS) is 23.3. The van der Waals surface area contributed by atoms with Crippen LogP contribution in [0.2, 0.25) is 0 Å². The summed E-state index contributed by atoms with van der Waals surface area (Å²) in [5.74, 6) is 1.22. The molecule has 2 N–H and O–H groups in total. The predicted octanol–water partition coefficient (Wildman–Crippen LogP) is 3.03. The SMILES string of the molecule is Cl.O=C(CC1CCCN1)NCCCCC1CCCC1. The van der Waals surface area contributed by atoms with Gasteiger partial charge in [0.15, 0.2) is 0 Å². The van der Waals surface area contributed by atoms with Crippen molar-refractivity contribution in [1.29, 1.82) is 0 Å². The van der Waals surface area contributed by atoms with E-state index in [0.717, 1.165) is 31.8 Å². The zero-order valence-electron chi connectivity index (χ0n) is 12.0. The highest BCUT2D eigenvalue weighted by atomic mass is 35.5. The highest BCUT2D eigenvalue weighted by molar-refractivity contribution is 5.85. The van der Waals surface area contributed by atoms with Crippen molar-refractivity contribution in [2.75, 3.05) is 13.1 Å². The molecule has 1 unspecified atom stereocenters. The largest absolute Gasteiger partial charge is 0.356 e. The molecule has 0 aromatic heterocycles. The smallest absolute Gasteiger partial charge is 0.221 e. The van der Waals surface area contributed by atoms with Gasteiger partial charge in [0.05, 0.1) is 0 Å². The molecule has 1 aliphatic heterocycles. The second-order valence-electron chi connectivity index (χ2n) is 5.99. The fourth-order valence-electron chi connectivity index (χ4n) is 3.31. The lowest BCUT2D eigenvalue weighted by atomic mass is 10.0. The molecule has 0 aromatic carbocycles. The summed E-state index contributed by atoms with van der Waals surface area (Å²) < 4.78 is 0. The summed E-state index contributed by atoms with van der Waals surface area (Å²) in [5.41, 5.74) is 0. The second-order valence-corrected chi connectivity index (χ2v) is 5.99. The average Bonchev–Trinajstić information content (AvgIpc) is 3.01. The summed E-state index contributed by atoms with van der Waals surface area (Å²) in [6.07, 6.45) is 12.6. The molecule has 0 radical (unpaired) electrons. The first-order valence-electron chi connectivity index (χ1n) is 7.84. The summed E-state index contributed by atoms with van der Waals surface area (Å²) in [6, 6.07) is 0.434. The Hall–Kier alpha value is -0.280. The van der Waals surface area contributed by atoms with Crippen molar-refractivity contribution in [2.45, 2.75) is 70.3 Å². The van der Waals surface area contributed by atoms with Gasteiger partial charge in [-0.25, -0.2) is 0 Å². The van der Waals surface area contributed by atoms with Gasteiger partial charge in [-0.1, -0.05) is 38.5 Å². The molecule has 0 bridgehead atoms. The van der Waals surface area contributed by atoms with E-state index >= 15 is 0 Å². The van der Waals surface area contributed by atoms with Crippen LogP contribution in [0.15, 0.2) is 0 Å². The molecule has 2 aliphatic rings. The Morgan fingerprint density at radius 3 is 2.58 bits per heavy atom. The number of amides is 1. The van der Waals surface area contributed by atoms with Crippen molar-refractivity contribution in [1.82, 2.24) is 10.6 Å². The molecule has 19 heavy (non-hydrogen) atoms. The van der Waals surface area contributed by atoms with E-state index < -0.39 is 0 Å². The first-order valence-corrected chi connectivity index (χ1v) is 7.84. The van der Waals surface area contributed by atoms with Crippen molar-refractivity contribution < 1.29 is 4.79 Å². The van der Waals surface area contributed by atoms with E-state index in [0.29, 0.717) is 12.5 Å². The molecule has 0 spiro atoms. The number of carbonyl (C=O) groups is 1. The maximum Gasteiger partial charge on any atom is 0.221 e. The third kappa shape index (κ3) is 6.62. The minimum Gasteiger partial charge on any atom is -0.356 e. The summed E-state index contributed by atoms with van der Waals surface area (Å²) >= 11 is 0. The molecule has 2 rings (SSSR count). The van der Waals surface area contributed by atoms with Gasteiger partial charge in [-0.3, -0.25) is 4.79 Å². The van der Waals surface area contributed by atoms with Gasteiger partial charge >= 0.3 is 0 Å². The molecule has 2 fully saturated rings. The molecule has 3 nitrogen and oxygen atoms in total. The molecule has 1 saturated heterocycles. The monoisotopic (exact) mass is 288 g/mol. The Bertz CT molecular complexity index is 249. The highest BCUT2D eigenvalue weighted by Crippen LogP contribution is 2.28. The van der Waals surface area contributed by atoms with E-state index in [1.54, 1.807) is 0 Å². The van der Waals surface area contributed by atoms with Gasteiger partial charge < -0.3 is 10.6 Å². The molecule has 1 heterocycles. The van der Waals surface area contributed by atoms with Crippen molar-refractivity contribution >= 4 is 18.3 Å². The Labute approximate surface area is 123 Å². The lowest BCUT2D eigenvalue weighted by Gasteiger charge is -2.11. The van der Waals surface area contributed by atoms with Crippen LogP contribution in [0.1, 0.15) is 64.2 Å². The zero-order valence-corrected chi connectivity index (χ0v) is 12.8. The van der Waals surface area contributed by atoms with Crippen LogP contribution < -0.4 is 10.6 Å². The van der Waals surface area contributed by atoms with Crippen LogP contribution in [0.25, 0.3) is 0 Å². The maximum atomic E-state index is 11.7. The first kappa shape index (κ1) is 16.8. The van der Waals surface area contributed by atoms with Gasteiger partial charge in [-0.05, 0) is 31.7 Å². The van der Waals surface area contributed by atoms with Crippen molar-refractivity contribution in [3.05, 3.63) is 0 Å². The van der Waals surface area contributed by atoms with Crippen LogP contribution in [0.3, 0.4) is 0 Å². The van der Waals surface area contributed by atoms with Gasteiger partial charge in [0.2, 0.25) is 5.91 Å². The van der Waals surface area contributed by atoms with Crippen LogP contribution in [0.4, 0.5) is 0 Å². The van der Waals surface area contributed by atoms with E-state index in [1.165, 1.54) is 44.9 Å². The number of unbranched alkanes of at least 4 members (excludes halogenated alkanes) is 1. The van der Waals surface area contributed by atoms with Gasteiger partial charge in [0.25, 0.3) is 0 Å². The molecule has 0 aromatic rings. The van der Waals surface area contributed by atoms with Gasteiger partial charge in [-0.15, -0.1) is 12.4 Å². The number of hydrogen-bond donors (Lipinski definition) is 2. The third-order valence-corrected chi connectivity index (χ3v) is 4.43. The molecule has 1 atom stereocenters. The number of carbonyl (C=O) groups excluding carboxylic acids is 1. The number of hydrogen-bond acceptors (Lipinski definition) is 2. The molecular formula is C15H29ClN2O. The van der Waals surface area contributed by atoms with E-state index in [-0.39, 0.29) is 18.3 Å². The highest BCUT2D eigenvalue weighted by Gasteiger charge is 2.17. The van der Waals surface area contributed by atoms with Gasteiger partial charge in [0.1, 0.15) is 0 Å². The zero-order chi connectivity index (χ0) is 12.6. The van der Waals surface area contributed by atoms with Crippen LogP contribution in [-0.2, 0) is 4.79 Å². The van der Waals surface area contributed by atoms with Crippen molar-refractivity contribution in [2.24, 2.45) is 5.92 Å². The minimum atomic E-state index is 0. The number of rotatable bonds is 7. The topological polar surface area (TPSA) is 41.1 Å². The predicted molar refractivity (Wildman–Crippen MR) is 81.7 cm³/mol. The summed E-state index contributed by atoms with van der Waals surface area (Å²) in [6.45, 7) is 1.96. The van der Waals surface area contributed by atoms with Crippen molar-refractivity contribution in [3.8, 4) is 0 Å². The molecule has 1 saturated carbocycles. The lowest BCUT2D eigenvalue weighted by molar-refractivity contribution is -0.121. The Kier molecular flexibility index (Phi) is 8.47. The maximum absolute atomic E-state index is 11.7. The van der Waals surface area contributed by atoms with E-state index in [1.807, 2.05) is 0 Å². The lowest BCUT2D eigenvalue weighted by Crippen LogP contribution is -2.32. The second kappa shape index (κ2) is 9.60. The fourth-order valence-corrected chi connectivity index (χ4v) is 3.31. The standard InChI is InChI=1S/C15H28N2O.ClH/c18-15(12-14-9-5-11-16-14)17-10-4-3-8-13-6-1-2-7-13;/h13-14,16H,1-12H2,(H,17,18);1H. The van der Waals surface area contributed by atoms with Gasteiger partial charge in [-0.2, -0.15) is 0 Å². The van der Waals surface area contributed by atoms with Gasteiger partial charge in [0, 0.05) is 19.0 Å². The quantitative estimate of drug-likeness (QED) is 0.707. The Balaban J connectivity index is 0.00000180. The first-order chi connectivity index (χ1) is 8.84. The molecule has 1 aliphatic carbocycles. The minimum absolute atomic E-state index is 0. The number of nitrogens with one attached hydrogen (secondary N) is 2. The molecule has 4 heteroatoms. The van der Waals surface area contributed by atoms with E-state index in [2.05, 4.69) is 10.6 Å². The molecule has 112 valence electrons.